The summed E-state index contributed by atoms with van der Waals surface area (Å²) >= 11 is 0. The Kier molecular flexibility index (Phi) is 6.98. The molecule has 12 heteroatoms. The first-order valence-electron chi connectivity index (χ1n) is 11.8. The molecule has 202 valence electrons. The summed E-state index contributed by atoms with van der Waals surface area (Å²) in [5, 5.41) is 9.38. The van der Waals surface area contributed by atoms with Crippen molar-refractivity contribution in [1.29, 1.82) is 0 Å². The van der Waals surface area contributed by atoms with E-state index in [0.717, 1.165) is 38.1 Å². The molecule has 8 nitrogen and oxygen atoms in total. The average molecular weight is 549 g/mol. The lowest BCUT2D eigenvalue weighted by Gasteiger charge is -2.38. The second kappa shape index (κ2) is 9.64. The number of amides is 1. The van der Waals surface area contributed by atoms with Gasteiger partial charge in [0.05, 0.1) is 10.6 Å². The van der Waals surface area contributed by atoms with Gasteiger partial charge < -0.3 is 10.1 Å². The minimum atomic E-state index is -4.87. The number of pyridine rings is 1. The molecular weight excluding hydrogens is 521 g/mol. The molecule has 0 bridgehead atoms. The molecule has 2 heterocycles. The number of ether oxygens (including phenoxy) is 1. The van der Waals surface area contributed by atoms with Crippen LogP contribution in [0, 0.1) is 20.8 Å². The highest BCUT2D eigenvalue weighted by molar-refractivity contribution is 7.90. The zero-order valence-electron chi connectivity index (χ0n) is 21.5. The first kappa shape index (κ1) is 27.5. The van der Waals surface area contributed by atoms with E-state index in [9.17, 15) is 26.4 Å². The molecule has 0 saturated heterocycles. The lowest BCUT2D eigenvalue weighted by Crippen LogP contribution is -2.31. The summed E-state index contributed by atoms with van der Waals surface area (Å²) in [6, 6.07) is 7.25. The molecule has 1 aliphatic carbocycles. The number of alkyl halides is 3. The molecule has 1 fully saturated rings. The summed E-state index contributed by atoms with van der Waals surface area (Å²) < 4.78 is 70.6. The number of aryl methyl sites for hydroxylation is 2. The van der Waals surface area contributed by atoms with E-state index < -0.39 is 44.6 Å². The Balaban J connectivity index is 1.76. The molecule has 0 atom stereocenters. The lowest BCUT2D eigenvalue weighted by atomic mass is 9.68. The summed E-state index contributed by atoms with van der Waals surface area (Å²) in [6.07, 6.45) is -0.739. The molecule has 1 aliphatic rings. The molecule has 1 saturated carbocycles. The topological polar surface area (TPSA) is 111 Å². The van der Waals surface area contributed by atoms with Gasteiger partial charge in [-0.15, -0.1) is 10.2 Å². The fourth-order valence-corrected chi connectivity index (χ4v) is 5.12. The van der Waals surface area contributed by atoms with E-state index in [1.165, 1.54) is 24.3 Å². The Bertz CT molecular complexity index is 1510. The van der Waals surface area contributed by atoms with Crippen molar-refractivity contribution in [3.63, 3.8) is 0 Å². The Hall–Kier alpha value is -3.54. The maximum absolute atomic E-state index is 13.6. The largest absolute Gasteiger partial charge is 0.435 e. The van der Waals surface area contributed by atoms with Gasteiger partial charge in [0.25, 0.3) is 11.8 Å². The molecule has 1 aromatic carbocycles. The van der Waals surface area contributed by atoms with E-state index >= 15 is 0 Å². The number of halogens is 3. The Morgan fingerprint density at radius 3 is 2.34 bits per heavy atom. The summed E-state index contributed by atoms with van der Waals surface area (Å²) in [4.78, 5) is 17.9. The van der Waals surface area contributed by atoms with E-state index in [4.69, 9.17) is 4.74 Å². The highest BCUT2D eigenvalue weighted by Crippen LogP contribution is 2.44. The number of carbonyl (C=O) groups excluding carboxylic acids is 1. The van der Waals surface area contributed by atoms with Crippen LogP contribution in [0.2, 0.25) is 0 Å². The molecule has 2 aromatic heterocycles. The SMILES string of the molecule is Cc1cc(C2(C)CCC2)nc(C)c1Oc1nnc(C(F)(F)F)c(C)c1C(=O)Nc1cccc(S(C)(=O)=O)c1. The van der Waals surface area contributed by atoms with Crippen molar-refractivity contribution in [3.8, 4) is 11.6 Å². The van der Waals surface area contributed by atoms with Crippen LogP contribution in [-0.4, -0.2) is 35.8 Å². The van der Waals surface area contributed by atoms with Gasteiger partial charge in [0.1, 0.15) is 5.56 Å². The van der Waals surface area contributed by atoms with Crippen LogP contribution in [0.5, 0.6) is 11.6 Å². The van der Waals surface area contributed by atoms with Gasteiger partial charge in [0, 0.05) is 23.1 Å². The van der Waals surface area contributed by atoms with Crippen LogP contribution in [0.25, 0.3) is 0 Å². The predicted molar refractivity (Wildman–Crippen MR) is 134 cm³/mol. The second-order valence-corrected chi connectivity index (χ2v) is 11.9. The molecule has 0 radical (unpaired) electrons. The maximum atomic E-state index is 13.6. The third kappa shape index (κ3) is 5.35. The van der Waals surface area contributed by atoms with Crippen LogP contribution in [0.1, 0.15) is 64.8 Å². The molecule has 1 N–H and O–H groups in total. The number of anilines is 1. The number of aromatic nitrogens is 3. The molecule has 3 aromatic rings. The smallest absolute Gasteiger partial charge is 0.435 e. The predicted octanol–water partition coefficient (Wildman–Crippen LogP) is 5.71. The van der Waals surface area contributed by atoms with Crippen LogP contribution < -0.4 is 10.1 Å². The van der Waals surface area contributed by atoms with Crippen molar-refractivity contribution in [2.75, 3.05) is 11.6 Å². The van der Waals surface area contributed by atoms with Gasteiger partial charge in [-0.05, 0) is 69.0 Å². The Morgan fingerprint density at radius 2 is 1.79 bits per heavy atom. The van der Waals surface area contributed by atoms with Crippen molar-refractivity contribution in [2.24, 2.45) is 0 Å². The third-order valence-corrected chi connectivity index (χ3v) is 7.91. The number of hydrogen-bond donors (Lipinski definition) is 1. The van der Waals surface area contributed by atoms with E-state index in [1.54, 1.807) is 13.8 Å². The fourth-order valence-electron chi connectivity index (χ4n) is 4.45. The summed E-state index contributed by atoms with van der Waals surface area (Å²) in [5.41, 5.74) is -0.173. The zero-order valence-corrected chi connectivity index (χ0v) is 22.3. The van der Waals surface area contributed by atoms with Crippen molar-refractivity contribution in [1.82, 2.24) is 15.2 Å². The molecule has 38 heavy (non-hydrogen) atoms. The fraction of sp³-hybridized carbons (Fsp3) is 0.385. The highest BCUT2D eigenvalue weighted by Gasteiger charge is 2.39. The minimum Gasteiger partial charge on any atom is -0.435 e. The van der Waals surface area contributed by atoms with Crippen molar-refractivity contribution in [3.05, 3.63) is 64.1 Å². The van der Waals surface area contributed by atoms with Crippen LogP contribution in [0.3, 0.4) is 0 Å². The van der Waals surface area contributed by atoms with E-state index in [-0.39, 0.29) is 21.7 Å². The quantitative estimate of drug-likeness (QED) is 0.420. The van der Waals surface area contributed by atoms with Gasteiger partial charge in [0.2, 0.25) is 0 Å². The lowest BCUT2D eigenvalue weighted by molar-refractivity contribution is -0.142. The average Bonchev–Trinajstić information content (AvgIpc) is 2.78. The van der Waals surface area contributed by atoms with Gasteiger partial charge in [-0.25, -0.2) is 8.42 Å². The van der Waals surface area contributed by atoms with Crippen LogP contribution >= 0.6 is 0 Å². The molecule has 0 aliphatic heterocycles. The number of nitrogens with one attached hydrogen (secondary N) is 1. The van der Waals surface area contributed by atoms with Gasteiger partial charge in [-0.2, -0.15) is 13.2 Å². The molecule has 4 rings (SSSR count). The monoisotopic (exact) mass is 548 g/mol. The van der Waals surface area contributed by atoms with E-state index in [2.05, 4.69) is 27.4 Å². The molecule has 1 amide bonds. The number of hydrogen-bond acceptors (Lipinski definition) is 7. The summed E-state index contributed by atoms with van der Waals surface area (Å²) in [5.74, 6) is -1.13. The Labute approximate surface area is 218 Å². The van der Waals surface area contributed by atoms with Crippen molar-refractivity contribution >= 4 is 21.4 Å². The molecule has 0 spiro atoms. The second-order valence-electron chi connectivity index (χ2n) is 9.86. The van der Waals surface area contributed by atoms with Gasteiger partial charge in [-0.3, -0.25) is 9.78 Å². The Morgan fingerprint density at radius 1 is 1.11 bits per heavy atom. The first-order valence-corrected chi connectivity index (χ1v) is 13.7. The first-order chi connectivity index (χ1) is 17.6. The number of nitrogens with zero attached hydrogens (tertiary/aromatic N) is 3. The van der Waals surface area contributed by atoms with Crippen molar-refractivity contribution in [2.45, 2.75) is 63.4 Å². The third-order valence-electron chi connectivity index (χ3n) is 6.80. The van der Waals surface area contributed by atoms with E-state index in [0.29, 0.717) is 11.3 Å². The minimum absolute atomic E-state index is 0.0373. The van der Waals surface area contributed by atoms with Gasteiger partial charge in [-0.1, -0.05) is 19.4 Å². The zero-order chi connectivity index (χ0) is 28.0. The van der Waals surface area contributed by atoms with E-state index in [1.807, 2.05) is 6.07 Å². The molecular formula is C26H27F3N4O4S. The maximum Gasteiger partial charge on any atom is 0.435 e. The number of rotatable bonds is 6. The summed E-state index contributed by atoms with van der Waals surface area (Å²) in [6.45, 7) is 6.74. The number of benzene rings is 1. The standard InChI is InChI=1S/C26H27F3N4O4S/c1-14-12-19(25(4)10-7-11-25)30-16(3)21(14)37-24-20(15(2)22(32-33-24)26(27,28)29)23(34)31-17-8-6-9-18(13-17)38(5,35)36/h6,8-9,12-13H,7,10-11H2,1-5H3,(H,31,34). The van der Waals surface area contributed by atoms with Crippen LogP contribution in [-0.2, 0) is 21.4 Å². The number of carbonyl (C=O) groups is 1. The highest BCUT2D eigenvalue weighted by atomic mass is 32.2. The normalized spacial score (nSPS) is 15.1. The van der Waals surface area contributed by atoms with Crippen LogP contribution in [0.4, 0.5) is 18.9 Å². The van der Waals surface area contributed by atoms with Gasteiger partial charge >= 0.3 is 6.18 Å². The van der Waals surface area contributed by atoms with Crippen LogP contribution in [0.15, 0.2) is 35.2 Å². The molecule has 0 unspecified atom stereocenters. The number of sulfone groups is 1. The summed E-state index contributed by atoms with van der Waals surface area (Å²) in [7, 11) is -3.58. The van der Waals surface area contributed by atoms with Crippen molar-refractivity contribution < 1.29 is 31.1 Å². The van der Waals surface area contributed by atoms with Gasteiger partial charge in [0.15, 0.2) is 21.3 Å².